The predicted molar refractivity (Wildman–Crippen MR) is 83.5 cm³/mol. The van der Waals surface area contributed by atoms with E-state index in [2.05, 4.69) is 37.2 Å². The maximum Gasteiger partial charge on any atom is 0.137 e. The minimum atomic E-state index is -0.293. The van der Waals surface area contributed by atoms with Crippen LogP contribution in [-0.4, -0.2) is 0 Å². The normalized spacial score (nSPS) is 12.4. The van der Waals surface area contributed by atoms with Crippen molar-refractivity contribution < 1.29 is 8.78 Å². The molecule has 0 aromatic heterocycles. The molecule has 2 aromatic carbocycles. The van der Waals surface area contributed by atoms with Gasteiger partial charge in [-0.05, 0) is 58.7 Å². The largest absolute Gasteiger partial charge is 0.306 e. The lowest BCUT2D eigenvalue weighted by molar-refractivity contribution is 0.542. The van der Waals surface area contributed by atoms with Gasteiger partial charge < -0.3 is 5.32 Å². The van der Waals surface area contributed by atoms with Gasteiger partial charge in [0.05, 0.1) is 4.47 Å². The number of hydrogen-bond donors (Lipinski definition) is 1. The first-order chi connectivity index (χ1) is 9.47. The third-order valence-corrected chi connectivity index (χ3v) is 4.15. The van der Waals surface area contributed by atoms with Gasteiger partial charge in [0.25, 0.3) is 0 Å². The van der Waals surface area contributed by atoms with Crippen molar-refractivity contribution in [3.05, 3.63) is 68.1 Å². The van der Waals surface area contributed by atoms with E-state index in [4.69, 9.17) is 0 Å². The summed E-state index contributed by atoms with van der Waals surface area (Å²) in [6, 6.07) is 9.69. The Balaban J connectivity index is 2.06. The summed E-state index contributed by atoms with van der Waals surface area (Å²) in [5.74, 6) is -0.535. The van der Waals surface area contributed by atoms with Gasteiger partial charge in [-0.1, -0.05) is 22.0 Å². The Morgan fingerprint density at radius 3 is 2.45 bits per heavy atom. The summed E-state index contributed by atoms with van der Waals surface area (Å²) in [5.41, 5.74) is 1.53. The quantitative estimate of drug-likeness (QED) is 0.725. The molecule has 0 bridgehead atoms. The molecule has 106 valence electrons. The van der Waals surface area contributed by atoms with Crippen LogP contribution >= 0.6 is 31.9 Å². The first-order valence-corrected chi connectivity index (χ1v) is 7.68. The smallest absolute Gasteiger partial charge is 0.137 e. The Morgan fingerprint density at radius 1 is 1.05 bits per heavy atom. The lowest BCUT2D eigenvalue weighted by atomic mass is 10.1. The molecular formula is C15H13Br2F2N. The molecule has 2 aromatic rings. The fourth-order valence-corrected chi connectivity index (χ4v) is 2.65. The van der Waals surface area contributed by atoms with Crippen LogP contribution < -0.4 is 5.32 Å². The molecule has 0 heterocycles. The zero-order valence-corrected chi connectivity index (χ0v) is 13.9. The maximum atomic E-state index is 13.6. The molecule has 0 saturated heterocycles. The number of benzene rings is 2. The average Bonchev–Trinajstić information content (AvgIpc) is 2.42. The summed E-state index contributed by atoms with van der Waals surface area (Å²) in [6.07, 6.45) is 0. The van der Waals surface area contributed by atoms with E-state index in [1.165, 1.54) is 12.1 Å². The highest BCUT2D eigenvalue weighted by Gasteiger charge is 2.09. The van der Waals surface area contributed by atoms with Crippen LogP contribution in [0.15, 0.2) is 45.3 Å². The van der Waals surface area contributed by atoms with Gasteiger partial charge in [0.2, 0.25) is 0 Å². The number of rotatable bonds is 4. The Kier molecular flexibility index (Phi) is 5.29. The zero-order valence-electron chi connectivity index (χ0n) is 10.8. The van der Waals surface area contributed by atoms with Crippen LogP contribution in [0, 0.1) is 11.6 Å². The molecule has 0 amide bonds. The van der Waals surface area contributed by atoms with Crippen LogP contribution in [-0.2, 0) is 6.54 Å². The molecule has 0 radical (unpaired) electrons. The van der Waals surface area contributed by atoms with E-state index in [0.717, 1.165) is 10.0 Å². The van der Waals surface area contributed by atoms with E-state index < -0.39 is 0 Å². The predicted octanol–water partition coefficient (Wildman–Crippen LogP) is 5.34. The lowest BCUT2D eigenvalue weighted by Gasteiger charge is -2.15. The third-order valence-electron chi connectivity index (χ3n) is 3.05. The summed E-state index contributed by atoms with van der Waals surface area (Å²) in [4.78, 5) is 0. The summed E-state index contributed by atoms with van der Waals surface area (Å²) in [5, 5.41) is 3.23. The molecule has 1 atom stereocenters. The van der Waals surface area contributed by atoms with Crippen molar-refractivity contribution in [2.75, 3.05) is 0 Å². The van der Waals surface area contributed by atoms with Gasteiger partial charge in [-0.2, -0.15) is 0 Å². The maximum absolute atomic E-state index is 13.6. The molecule has 0 fully saturated rings. The van der Waals surface area contributed by atoms with Crippen molar-refractivity contribution in [3.8, 4) is 0 Å². The van der Waals surface area contributed by atoms with Gasteiger partial charge >= 0.3 is 0 Å². The highest BCUT2D eigenvalue weighted by atomic mass is 79.9. The summed E-state index contributed by atoms with van der Waals surface area (Å²) < 4.78 is 28.1. The molecule has 1 nitrogen and oxygen atoms in total. The third kappa shape index (κ3) is 3.87. The lowest BCUT2D eigenvalue weighted by Crippen LogP contribution is -2.18. The molecule has 0 saturated carbocycles. The monoisotopic (exact) mass is 403 g/mol. The van der Waals surface area contributed by atoms with Crippen LogP contribution in [0.25, 0.3) is 0 Å². The Labute approximate surface area is 133 Å². The Hall–Kier alpha value is -0.780. The van der Waals surface area contributed by atoms with Crippen molar-refractivity contribution >= 4 is 31.9 Å². The number of hydrogen-bond acceptors (Lipinski definition) is 1. The second kappa shape index (κ2) is 6.78. The average molecular weight is 405 g/mol. The second-order valence-electron chi connectivity index (χ2n) is 4.51. The highest BCUT2D eigenvalue weighted by Crippen LogP contribution is 2.22. The van der Waals surface area contributed by atoms with E-state index in [1.807, 2.05) is 6.92 Å². The molecule has 5 heteroatoms. The van der Waals surface area contributed by atoms with Crippen LogP contribution in [0.2, 0.25) is 0 Å². The van der Waals surface area contributed by atoms with Crippen molar-refractivity contribution in [1.82, 2.24) is 5.32 Å². The first-order valence-electron chi connectivity index (χ1n) is 6.09. The molecule has 0 aliphatic carbocycles. The second-order valence-corrected chi connectivity index (χ2v) is 6.28. The summed E-state index contributed by atoms with van der Waals surface area (Å²) in [7, 11) is 0. The molecule has 0 aliphatic rings. The molecule has 0 spiro atoms. The van der Waals surface area contributed by atoms with Gasteiger partial charge in [-0.25, -0.2) is 8.78 Å². The van der Waals surface area contributed by atoms with Crippen LogP contribution in [0.1, 0.15) is 24.1 Å². The Morgan fingerprint density at radius 2 is 1.75 bits per heavy atom. The molecule has 0 aliphatic heterocycles. The van der Waals surface area contributed by atoms with Crippen molar-refractivity contribution in [2.45, 2.75) is 19.5 Å². The fraction of sp³-hybridized carbons (Fsp3) is 0.200. The van der Waals surface area contributed by atoms with Crippen LogP contribution in [0.5, 0.6) is 0 Å². The molecule has 1 unspecified atom stereocenters. The van der Waals surface area contributed by atoms with E-state index in [1.54, 1.807) is 24.3 Å². The number of nitrogens with one attached hydrogen (secondary N) is 1. The van der Waals surface area contributed by atoms with Crippen molar-refractivity contribution in [3.63, 3.8) is 0 Å². The van der Waals surface area contributed by atoms with Crippen LogP contribution in [0.4, 0.5) is 8.78 Å². The van der Waals surface area contributed by atoms with Gasteiger partial charge in [0.15, 0.2) is 0 Å². The minimum absolute atomic E-state index is 0.00900. The summed E-state index contributed by atoms with van der Waals surface area (Å²) >= 11 is 6.49. The topological polar surface area (TPSA) is 12.0 Å². The fourth-order valence-electron chi connectivity index (χ4n) is 1.84. The zero-order chi connectivity index (χ0) is 14.7. The van der Waals surface area contributed by atoms with E-state index in [9.17, 15) is 8.78 Å². The molecule has 1 N–H and O–H groups in total. The van der Waals surface area contributed by atoms with Gasteiger partial charge in [0.1, 0.15) is 11.6 Å². The van der Waals surface area contributed by atoms with Gasteiger partial charge in [-0.15, -0.1) is 0 Å². The van der Waals surface area contributed by atoms with Crippen molar-refractivity contribution in [1.29, 1.82) is 0 Å². The SMILES string of the molecule is CC(NCc1cc(Br)ccc1F)c1ccc(F)c(Br)c1. The number of halogens is 4. The standard InChI is InChI=1S/C15H13Br2F2N/c1-9(10-2-4-15(19)13(17)7-10)20-8-11-6-12(16)3-5-14(11)18/h2-7,9,20H,8H2,1H3. The van der Waals surface area contributed by atoms with Gasteiger partial charge in [0, 0.05) is 22.6 Å². The molecule has 2 rings (SSSR count). The van der Waals surface area contributed by atoms with Crippen molar-refractivity contribution in [2.24, 2.45) is 0 Å². The molecule has 20 heavy (non-hydrogen) atoms. The van der Waals surface area contributed by atoms with E-state index in [-0.39, 0.29) is 17.7 Å². The van der Waals surface area contributed by atoms with Crippen LogP contribution in [0.3, 0.4) is 0 Å². The molecular weight excluding hydrogens is 392 g/mol. The van der Waals surface area contributed by atoms with E-state index >= 15 is 0 Å². The Bertz CT molecular complexity index is 617. The minimum Gasteiger partial charge on any atom is -0.306 e. The first kappa shape index (κ1) is 15.6. The van der Waals surface area contributed by atoms with E-state index in [0.29, 0.717) is 16.6 Å². The van der Waals surface area contributed by atoms with Gasteiger partial charge in [-0.3, -0.25) is 0 Å². The highest BCUT2D eigenvalue weighted by molar-refractivity contribution is 9.10. The summed E-state index contributed by atoms with van der Waals surface area (Å²) in [6.45, 7) is 2.36.